The van der Waals surface area contributed by atoms with Crippen molar-refractivity contribution in [2.75, 3.05) is 6.61 Å². The zero-order chi connectivity index (χ0) is 14.3. The Kier molecular flexibility index (Phi) is 5.60. The minimum Gasteiger partial charge on any atom is -0.494 e. The molecule has 0 spiro atoms. The fourth-order valence-corrected chi connectivity index (χ4v) is 1.38. The van der Waals surface area contributed by atoms with Crippen molar-refractivity contribution in [1.82, 2.24) is 0 Å². The van der Waals surface area contributed by atoms with Crippen LogP contribution in [0.4, 0.5) is 0 Å². The van der Waals surface area contributed by atoms with Crippen molar-refractivity contribution in [2.24, 2.45) is 0 Å². The largest absolute Gasteiger partial charge is 0.494 e. The highest BCUT2D eigenvalue weighted by Gasteiger charge is 2.15. The summed E-state index contributed by atoms with van der Waals surface area (Å²) < 4.78 is 5.45. The van der Waals surface area contributed by atoms with Gasteiger partial charge in [0.15, 0.2) is 0 Å². The van der Waals surface area contributed by atoms with Gasteiger partial charge in [0, 0.05) is 0 Å². The molecule has 2 N–H and O–H groups in total. The molecule has 0 saturated carbocycles. The van der Waals surface area contributed by atoms with Gasteiger partial charge in [-0.2, -0.15) is 0 Å². The molecule has 0 heterocycles. The summed E-state index contributed by atoms with van der Waals surface area (Å²) in [7, 11) is 0. The van der Waals surface area contributed by atoms with E-state index in [-0.39, 0.29) is 0 Å². The van der Waals surface area contributed by atoms with Crippen LogP contribution in [0.3, 0.4) is 0 Å². The Morgan fingerprint density at radius 3 is 2.21 bits per heavy atom. The minimum absolute atomic E-state index is 0.502. The highest BCUT2D eigenvalue weighted by molar-refractivity contribution is 6.16. The van der Waals surface area contributed by atoms with Crippen molar-refractivity contribution in [3.63, 3.8) is 0 Å². The van der Waals surface area contributed by atoms with Crippen LogP contribution in [-0.2, 0) is 9.59 Å². The minimum atomic E-state index is -1.46. The number of benzene rings is 1. The van der Waals surface area contributed by atoms with Gasteiger partial charge >= 0.3 is 11.9 Å². The number of unbranched alkanes of at least 4 members (excludes halogenated alkanes) is 1. The molecular weight excluding hydrogens is 248 g/mol. The summed E-state index contributed by atoms with van der Waals surface area (Å²) in [6.07, 6.45) is 3.12. The molecule has 5 heteroatoms. The summed E-state index contributed by atoms with van der Waals surface area (Å²) in [5.41, 5.74) is -0.165. The fraction of sp³-hybridized carbons (Fsp3) is 0.286. The summed E-state index contributed by atoms with van der Waals surface area (Å²) in [6, 6.07) is 6.60. The van der Waals surface area contributed by atoms with Crippen molar-refractivity contribution in [3.8, 4) is 5.75 Å². The van der Waals surface area contributed by atoms with Crippen LogP contribution in [0.15, 0.2) is 29.8 Å². The molecule has 0 bridgehead atoms. The summed E-state index contributed by atoms with van der Waals surface area (Å²) in [5.74, 6) is -2.25. The lowest BCUT2D eigenvalue weighted by Gasteiger charge is -2.05. The van der Waals surface area contributed by atoms with Gasteiger partial charge in [-0.3, -0.25) is 0 Å². The van der Waals surface area contributed by atoms with Crippen LogP contribution in [-0.4, -0.2) is 28.8 Å². The van der Waals surface area contributed by atoms with Gasteiger partial charge in [-0.1, -0.05) is 25.5 Å². The average molecular weight is 264 g/mol. The van der Waals surface area contributed by atoms with Crippen LogP contribution < -0.4 is 4.74 Å². The third-order valence-corrected chi connectivity index (χ3v) is 2.42. The Morgan fingerprint density at radius 2 is 1.74 bits per heavy atom. The van der Waals surface area contributed by atoms with Crippen molar-refractivity contribution in [2.45, 2.75) is 19.8 Å². The number of carboxylic acid groups (broad SMARTS) is 2. The quantitative estimate of drug-likeness (QED) is 0.342. The summed E-state index contributed by atoms with van der Waals surface area (Å²) >= 11 is 0. The second-order valence-corrected chi connectivity index (χ2v) is 3.94. The first-order chi connectivity index (χ1) is 9.04. The zero-order valence-corrected chi connectivity index (χ0v) is 10.6. The van der Waals surface area contributed by atoms with Gasteiger partial charge in [0.1, 0.15) is 11.3 Å². The van der Waals surface area contributed by atoms with Gasteiger partial charge in [-0.25, -0.2) is 9.59 Å². The predicted octanol–water partition coefficient (Wildman–Crippen LogP) is 2.42. The highest BCUT2D eigenvalue weighted by atomic mass is 16.5. The molecule has 0 aromatic heterocycles. The van der Waals surface area contributed by atoms with Crippen LogP contribution in [0.1, 0.15) is 25.3 Å². The maximum Gasteiger partial charge on any atom is 0.343 e. The van der Waals surface area contributed by atoms with Crippen molar-refractivity contribution in [3.05, 3.63) is 35.4 Å². The van der Waals surface area contributed by atoms with Gasteiger partial charge in [0.05, 0.1) is 6.61 Å². The first-order valence-corrected chi connectivity index (χ1v) is 5.95. The first-order valence-electron chi connectivity index (χ1n) is 5.95. The molecule has 0 fully saturated rings. The molecule has 0 unspecified atom stereocenters. The zero-order valence-electron chi connectivity index (χ0n) is 10.6. The lowest BCUT2D eigenvalue weighted by Crippen LogP contribution is -2.10. The van der Waals surface area contributed by atoms with Gasteiger partial charge in [-0.05, 0) is 30.2 Å². The fourth-order valence-electron chi connectivity index (χ4n) is 1.38. The van der Waals surface area contributed by atoms with Crippen molar-refractivity contribution in [1.29, 1.82) is 0 Å². The smallest absolute Gasteiger partial charge is 0.343 e. The SMILES string of the molecule is CCCCOc1ccc(C=C(C(=O)O)C(=O)O)cc1. The van der Waals surface area contributed by atoms with Crippen LogP contribution >= 0.6 is 0 Å². The van der Waals surface area contributed by atoms with E-state index in [1.54, 1.807) is 24.3 Å². The Labute approximate surface area is 111 Å². The summed E-state index contributed by atoms with van der Waals surface area (Å²) in [4.78, 5) is 21.4. The second kappa shape index (κ2) is 7.20. The van der Waals surface area contributed by atoms with Gasteiger partial charge in [0.25, 0.3) is 0 Å². The van der Waals surface area contributed by atoms with E-state index in [1.807, 2.05) is 0 Å². The standard InChI is InChI=1S/C14H16O5/c1-2-3-8-19-11-6-4-10(5-7-11)9-12(13(15)16)14(17)18/h4-7,9H,2-3,8H2,1H3,(H,15,16)(H,17,18). The number of aliphatic carboxylic acids is 2. The molecule has 5 nitrogen and oxygen atoms in total. The monoisotopic (exact) mass is 264 g/mol. The van der Waals surface area contributed by atoms with E-state index in [0.717, 1.165) is 18.9 Å². The number of rotatable bonds is 7. The number of hydrogen-bond donors (Lipinski definition) is 2. The molecule has 0 radical (unpaired) electrons. The first kappa shape index (κ1) is 14.8. The lowest BCUT2D eigenvalue weighted by molar-refractivity contribution is -0.140. The van der Waals surface area contributed by atoms with Gasteiger partial charge in [-0.15, -0.1) is 0 Å². The Balaban J connectivity index is 2.78. The van der Waals surface area contributed by atoms with Crippen LogP contribution in [0.5, 0.6) is 5.75 Å². The molecule has 19 heavy (non-hydrogen) atoms. The molecule has 1 aromatic rings. The third-order valence-electron chi connectivity index (χ3n) is 2.42. The molecule has 0 aliphatic heterocycles. The highest BCUT2D eigenvalue weighted by Crippen LogP contribution is 2.15. The number of carbonyl (C=O) groups is 2. The topological polar surface area (TPSA) is 83.8 Å². The second-order valence-electron chi connectivity index (χ2n) is 3.94. The van der Waals surface area contributed by atoms with Crippen LogP contribution in [0.2, 0.25) is 0 Å². The average Bonchev–Trinajstić information content (AvgIpc) is 2.37. The number of ether oxygens (including phenoxy) is 1. The van der Waals surface area contributed by atoms with Crippen LogP contribution in [0, 0.1) is 0 Å². The molecule has 0 atom stereocenters. The van der Waals surface area contributed by atoms with E-state index in [1.165, 1.54) is 0 Å². The molecule has 102 valence electrons. The maximum atomic E-state index is 10.7. The summed E-state index contributed by atoms with van der Waals surface area (Å²) in [6.45, 7) is 2.69. The predicted molar refractivity (Wildman–Crippen MR) is 70.1 cm³/mol. The van der Waals surface area contributed by atoms with Crippen LogP contribution in [0.25, 0.3) is 6.08 Å². The van der Waals surface area contributed by atoms with Gasteiger partial charge in [0.2, 0.25) is 0 Å². The summed E-state index contributed by atoms with van der Waals surface area (Å²) in [5, 5.41) is 17.5. The molecule has 0 saturated heterocycles. The molecule has 0 aliphatic rings. The third kappa shape index (κ3) is 4.83. The molecular formula is C14H16O5. The molecule has 0 aliphatic carbocycles. The molecule has 1 aromatic carbocycles. The van der Waals surface area contributed by atoms with E-state index in [4.69, 9.17) is 14.9 Å². The van der Waals surface area contributed by atoms with E-state index >= 15 is 0 Å². The Bertz CT molecular complexity index is 457. The van der Waals surface area contributed by atoms with E-state index in [9.17, 15) is 9.59 Å². The van der Waals surface area contributed by atoms with Crippen molar-refractivity contribution < 1.29 is 24.5 Å². The van der Waals surface area contributed by atoms with Gasteiger partial charge < -0.3 is 14.9 Å². The number of hydrogen-bond acceptors (Lipinski definition) is 3. The van der Waals surface area contributed by atoms with Crippen molar-refractivity contribution >= 4 is 18.0 Å². The van der Waals surface area contributed by atoms with E-state index < -0.39 is 17.5 Å². The normalized spacial score (nSPS) is 9.74. The Hall–Kier alpha value is -2.30. The maximum absolute atomic E-state index is 10.7. The lowest BCUT2D eigenvalue weighted by atomic mass is 10.1. The van der Waals surface area contributed by atoms with E-state index in [0.29, 0.717) is 17.9 Å². The number of carboxylic acids is 2. The Morgan fingerprint density at radius 1 is 1.16 bits per heavy atom. The van der Waals surface area contributed by atoms with E-state index in [2.05, 4.69) is 6.92 Å². The molecule has 1 rings (SSSR count). The molecule has 0 amide bonds.